The molecule has 1 rings (SSSR count). The van der Waals surface area contributed by atoms with Crippen LogP contribution in [-0.4, -0.2) is 34.1 Å². The third kappa shape index (κ3) is 2.36. The highest BCUT2D eigenvalue weighted by Gasteiger charge is 2.18. The first-order valence-corrected chi connectivity index (χ1v) is 4.77. The second-order valence-electron chi connectivity index (χ2n) is 3.58. The Labute approximate surface area is 88.7 Å². The molecule has 5 nitrogen and oxygen atoms in total. The summed E-state index contributed by atoms with van der Waals surface area (Å²) in [5.41, 5.74) is 1.51. The van der Waals surface area contributed by atoms with Crippen molar-refractivity contribution in [1.82, 2.24) is 9.78 Å². The molecule has 0 fully saturated rings. The molecule has 1 unspecified atom stereocenters. The van der Waals surface area contributed by atoms with Gasteiger partial charge in [-0.1, -0.05) is 0 Å². The molecule has 0 bridgehead atoms. The number of methoxy groups -OCH3 is 1. The predicted octanol–water partition coefficient (Wildman–Crippen LogP) is 1.23. The zero-order chi connectivity index (χ0) is 11.6. The summed E-state index contributed by atoms with van der Waals surface area (Å²) in [6.07, 6.45) is 0.0182. The lowest BCUT2D eigenvalue weighted by molar-refractivity contribution is 0.0694. The summed E-state index contributed by atoms with van der Waals surface area (Å²) in [6, 6.07) is 0. The molecule has 1 N–H and O–H groups in total. The van der Waals surface area contributed by atoms with Crippen LogP contribution >= 0.6 is 0 Å². The van der Waals surface area contributed by atoms with Gasteiger partial charge < -0.3 is 9.84 Å². The molecule has 1 heterocycles. The van der Waals surface area contributed by atoms with Crippen LogP contribution < -0.4 is 0 Å². The molecular formula is C10H16N2O3. The predicted molar refractivity (Wildman–Crippen MR) is 55.1 cm³/mol. The topological polar surface area (TPSA) is 64.4 Å². The number of hydrogen-bond acceptors (Lipinski definition) is 3. The number of rotatable bonds is 4. The third-order valence-electron chi connectivity index (χ3n) is 2.43. The van der Waals surface area contributed by atoms with Crippen LogP contribution in [0.1, 0.15) is 28.7 Å². The Kier molecular flexibility index (Phi) is 3.47. The first-order valence-electron chi connectivity index (χ1n) is 4.77. The molecule has 1 aromatic heterocycles. The lowest BCUT2D eigenvalue weighted by Crippen LogP contribution is -2.17. The van der Waals surface area contributed by atoms with Gasteiger partial charge in [-0.15, -0.1) is 0 Å². The van der Waals surface area contributed by atoms with Gasteiger partial charge in [0, 0.05) is 7.11 Å². The number of carboxylic acid groups (broad SMARTS) is 1. The maximum absolute atomic E-state index is 10.9. The molecule has 15 heavy (non-hydrogen) atoms. The van der Waals surface area contributed by atoms with Crippen LogP contribution in [-0.2, 0) is 11.3 Å². The number of aromatic carboxylic acids is 1. The van der Waals surface area contributed by atoms with Gasteiger partial charge in [0.2, 0.25) is 0 Å². The molecule has 0 aliphatic heterocycles. The average molecular weight is 212 g/mol. The lowest BCUT2D eigenvalue weighted by Gasteiger charge is -2.10. The van der Waals surface area contributed by atoms with Crippen LogP contribution in [0.2, 0.25) is 0 Å². The molecule has 0 radical (unpaired) electrons. The molecule has 84 valence electrons. The van der Waals surface area contributed by atoms with Gasteiger partial charge in [0.15, 0.2) is 0 Å². The van der Waals surface area contributed by atoms with E-state index in [-0.39, 0.29) is 6.10 Å². The smallest absolute Gasteiger partial charge is 0.339 e. The minimum absolute atomic E-state index is 0.0182. The van der Waals surface area contributed by atoms with Gasteiger partial charge >= 0.3 is 5.97 Å². The second kappa shape index (κ2) is 4.44. The van der Waals surface area contributed by atoms with Crippen molar-refractivity contribution < 1.29 is 14.6 Å². The summed E-state index contributed by atoms with van der Waals surface area (Å²) in [6.45, 7) is 5.93. The zero-order valence-electron chi connectivity index (χ0n) is 9.44. The van der Waals surface area contributed by atoms with Crippen LogP contribution in [0, 0.1) is 13.8 Å². The van der Waals surface area contributed by atoms with Gasteiger partial charge in [-0.2, -0.15) is 5.10 Å². The molecule has 0 saturated carbocycles. The Hall–Kier alpha value is -1.36. The number of carbonyl (C=O) groups is 1. The molecule has 0 aliphatic rings. The largest absolute Gasteiger partial charge is 0.478 e. The summed E-state index contributed by atoms with van der Waals surface area (Å²) < 4.78 is 6.78. The third-order valence-corrected chi connectivity index (χ3v) is 2.43. The Morgan fingerprint density at radius 2 is 2.20 bits per heavy atom. The summed E-state index contributed by atoms with van der Waals surface area (Å²) in [5.74, 6) is -0.929. The van der Waals surface area contributed by atoms with Crippen LogP contribution in [0.3, 0.4) is 0 Å². The van der Waals surface area contributed by atoms with Crippen molar-refractivity contribution in [2.45, 2.75) is 33.4 Å². The normalized spacial score (nSPS) is 12.8. The van der Waals surface area contributed by atoms with E-state index in [2.05, 4.69) is 5.10 Å². The van der Waals surface area contributed by atoms with Gasteiger partial charge in [0.25, 0.3) is 0 Å². The highest BCUT2D eigenvalue weighted by atomic mass is 16.5. The van der Waals surface area contributed by atoms with E-state index in [0.29, 0.717) is 23.5 Å². The van der Waals surface area contributed by atoms with Crippen LogP contribution in [0.4, 0.5) is 0 Å². The zero-order valence-corrected chi connectivity index (χ0v) is 9.44. The van der Waals surface area contributed by atoms with Gasteiger partial charge in [0.05, 0.1) is 24.0 Å². The maximum atomic E-state index is 10.9. The average Bonchev–Trinajstić information content (AvgIpc) is 2.41. The SMILES string of the molecule is COC(C)Cn1nc(C)c(C(=O)O)c1C. The van der Waals surface area contributed by atoms with E-state index in [1.807, 2.05) is 6.92 Å². The molecular weight excluding hydrogens is 196 g/mol. The van der Waals surface area contributed by atoms with E-state index >= 15 is 0 Å². The molecule has 0 spiro atoms. The fourth-order valence-corrected chi connectivity index (χ4v) is 1.50. The summed E-state index contributed by atoms with van der Waals surface area (Å²) in [4.78, 5) is 10.9. The molecule has 0 amide bonds. The van der Waals surface area contributed by atoms with E-state index in [1.54, 1.807) is 25.6 Å². The quantitative estimate of drug-likeness (QED) is 0.815. The monoisotopic (exact) mass is 212 g/mol. The van der Waals surface area contributed by atoms with Gasteiger partial charge in [-0.05, 0) is 20.8 Å². The first-order chi connectivity index (χ1) is 6.97. The van der Waals surface area contributed by atoms with Crippen molar-refractivity contribution in [2.75, 3.05) is 7.11 Å². The molecule has 1 aromatic rings. The number of carboxylic acids is 1. The maximum Gasteiger partial charge on any atom is 0.339 e. The van der Waals surface area contributed by atoms with E-state index in [9.17, 15) is 4.79 Å². The van der Waals surface area contributed by atoms with Gasteiger partial charge in [-0.3, -0.25) is 4.68 Å². The van der Waals surface area contributed by atoms with E-state index < -0.39 is 5.97 Å². The number of hydrogen-bond donors (Lipinski definition) is 1. The number of aromatic nitrogens is 2. The lowest BCUT2D eigenvalue weighted by atomic mass is 10.2. The fraction of sp³-hybridized carbons (Fsp3) is 0.600. The Morgan fingerprint density at radius 3 is 2.60 bits per heavy atom. The number of nitrogens with zero attached hydrogens (tertiary/aromatic N) is 2. The Balaban J connectivity index is 3.01. The van der Waals surface area contributed by atoms with Crippen molar-refractivity contribution >= 4 is 5.97 Å². The Morgan fingerprint density at radius 1 is 1.60 bits per heavy atom. The second-order valence-corrected chi connectivity index (χ2v) is 3.58. The molecule has 0 aromatic carbocycles. The van der Waals surface area contributed by atoms with Crippen molar-refractivity contribution in [3.8, 4) is 0 Å². The summed E-state index contributed by atoms with van der Waals surface area (Å²) in [5, 5.41) is 13.1. The summed E-state index contributed by atoms with van der Waals surface area (Å²) in [7, 11) is 1.62. The van der Waals surface area contributed by atoms with Crippen LogP contribution in [0.25, 0.3) is 0 Å². The number of aryl methyl sites for hydroxylation is 1. The molecule has 0 saturated heterocycles. The van der Waals surface area contributed by atoms with Crippen molar-refractivity contribution in [3.63, 3.8) is 0 Å². The van der Waals surface area contributed by atoms with Crippen LogP contribution in [0.5, 0.6) is 0 Å². The van der Waals surface area contributed by atoms with E-state index in [0.717, 1.165) is 0 Å². The first kappa shape index (κ1) is 11.7. The minimum Gasteiger partial charge on any atom is -0.478 e. The van der Waals surface area contributed by atoms with Crippen molar-refractivity contribution in [1.29, 1.82) is 0 Å². The summed E-state index contributed by atoms with van der Waals surface area (Å²) >= 11 is 0. The fourth-order valence-electron chi connectivity index (χ4n) is 1.50. The molecule has 1 atom stereocenters. The molecule has 5 heteroatoms. The molecule has 0 aliphatic carbocycles. The van der Waals surface area contributed by atoms with E-state index in [4.69, 9.17) is 9.84 Å². The minimum atomic E-state index is -0.929. The van der Waals surface area contributed by atoms with Gasteiger partial charge in [-0.25, -0.2) is 4.79 Å². The standard InChI is InChI=1S/C10H16N2O3/c1-6(15-4)5-12-8(3)9(10(13)14)7(2)11-12/h6H,5H2,1-4H3,(H,13,14). The highest BCUT2D eigenvalue weighted by Crippen LogP contribution is 2.13. The van der Waals surface area contributed by atoms with Gasteiger partial charge in [0.1, 0.15) is 5.56 Å². The highest BCUT2D eigenvalue weighted by molar-refractivity contribution is 5.90. The Bertz CT molecular complexity index is 371. The van der Waals surface area contributed by atoms with Crippen LogP contribution in [0.15, 0.2) is 0 Å². The van der Waals surface area contributed by atoms with Crippen molar-refractivity contribution in [3.05, 3.63) is 17.0 Å². The van der Waals surface area contributed by atoms with E-state index in [1.165, 1.54) is 0 Å². The van der Waals surface area contributed by atoms with Crippen molar-refractivity contribution in [2.24, 2.45) is 0 Å². The number of ether oxygens (including phenoxy) is 1.